The van der Waals surface area contributed by atoms with Crippen LogP contribution in [0, 0.1) is 13.8 Å². The molecule has 0 unspecified atom stereocenters. The van der Waals surface area contributed by atoms with Crippen LogP contribution in [0.15, 0.2) is 0 Å². The molecule has 0 saturated carbocycles. The highest BCUT2D eigenvalue weighted by atomic mass is 16.7. The fourth-order valence-electron chi connectivity index (χ4n) is 3.09. The Labute approximate surface area is 132 Å². The van der Waals surface area contributed by atoms with Crippen molar-refractivity contribution >= 4 is 6.29 Å². The SMILES string of the molecule is COCOc1c(C)c(CCC=O)c2c(c1C)CCC(C)(C)O2. The molecule has 4 heteroatoms. The summed E-state index contributed by atoms with van der Waals surface area (Å²) in [5.74, 6) is 1.82. The molecule has 0 radical (unpaired) electrons. The van der Waals surface area contributed by atoms with E-state index in [9.17, 15) is 4.79 Å². The molecule has 0 spiro atoms. The fraction of sp³-hybridized carbons (Fsp3) is 0.611. The van der Waals surface area contributed by atoms with Crippen LogP contribution in [-0.4, -0.2) is 25.8 Å². The third-order valence-corrected chi connectivity index (χ3v) is 4.32. The largest absolute Gasteiger partial charge is 0.487 e. The van der Waals surface area contributed by atoms with E-state index in [1.165, 1.54) is 5.56 Å². The van der Waals surface area contributed by atoms with Crippen LogP contribution >= 0.6 is 0 Å². The molecule has 22 heavy (non-hydrogen) atoms. The normalized spacial score (nSPS) is 15.9. The van der Waals surface area contributed by atoms with Crippen molar-refractivity contribution in [3.05, 3.63) is 22.3 Å². The topological polar surface area (TPSA) is 44.8 Å². The molecule has 0 bridgehead atoms. The molecule has 4 nitrogen and oxygen atoms in total. The molecule has 1 aliphatic heterocycles. The zero-order valence-corrected chi connectivity index (χ0v) is 14.2. The highest BCUT2D eigenvalue weighted by Gasteiger charge is 2.32. The number of carbonyl (C=O) groups is 1. The number of rotatable bonds is 6. The number of hydrogen-bond donors (Lipinski definition) is 0. The molecule has 0 atom stereocenters. The summed E-state index contributed by atoms with van der Waals surface area (Å²) < 4.78 is 17.1. The van der Waals surface area contributed by atoms with Gasteiger partial charge in [-0.15, -0.1) is 0 Å². The summed E-state index contributed by atoms with van der Waals surface area (Å²) in [6.07, 6.45) is 4.06. The Kier molecular flexibility index (Phi) is 5.12. The van der Waals surface area contributed by atoms with Gasteiger partial charge < -0.3 is 19.0 Å². The van der Waals surface area contributed by atoms with Crippen molar-refractivity contribution in [2.24, 2.45) is 0 Å². The molecular formula is C18H26O4. The molecule has 1 aliphatic rings. The number of fused-ring (bicyclic) bond motifs is 1. The molecule has 0 N–H and O–H groups in total. The minimum Gasteiger partial charge on any atom is -0.487 e. The summed E-state index contributed by atoms with van der Waals surface area (Å²) in [6, 6.07) is 0. The standard InChI is InChI=1S/C18H26O4/c1-12-14(7-6-10-19)17-15(8-9-18(3,4)22-17)13(2)16(12)21-11-20-5/h10H,6-9,11H2,1-5H3. The summed E-state index contributed by atoms with van der Waals surface area (Å²) in [5.41, 5.74) is 4.29. The predicted molar refractivity (Wildman–Crippen MR) is 85.8 cm³/mol. The lowest BCUT2D eigenvalue weighted by Gasteiger charge is -2.36. The second-order valence-corrected chi connectivity index (χ2v) is 6.48. The van der Waals surface area contributed by atoms with Gasteiger partial charge in [0, 0.05) is 24.7 Å². The highest BCUT2D eigenvalue weighted by molar-refractivity contribution is 5.61. The maximum Gasteiger partial charge on any atom is 0.188 e. The van der Waals surface area contributed by atoms with Gasteiger partial charge in [-0.25, -0.2) is 0 Å². The van der Waals surface area contributed by atoms with Gasteiger partial charge in [0.05, 0.1) is 0 Å². The van der Waals surface area contributed by atoms with Gasteiger partial charge in [0.2, 0.25) is 0 Å². The van der Waals surface area contributed by atoms with Crippen molar-refractivity contribution in [2.75, 3.05) is 13.9 Å². The van der Waals surface area contributed by atoms with Gasteiger partial charge >= 0.3 is 0 Å². The molecule has 1 aromatic carbocycles. The smallest absolute Gasteiger partial charge is 0.188 e. The Morgan fingerprint density at radius 3 is 2.64 bits per heavy atom. The first-order chi connectivity index (χ1) is 10.4. The van der Waals surface area contributed by atoms with Crippen molar-refractivity contribution in [1.29, 1.82) is 0 Å². The Morgan fingerprint density at radius 1 is 1.27 bits per heavy atom. The number of aldehydes is 1. The number of carbonyl (C=O) groups excluding carboxylic acids is 1. The van der Waals surface area contributed by atoms with E-state index in [-0.39, 0.29) is 12.4 Å². The van der Waals surface area contributed by atoms with Gasteiger partial charge in [-0.2, -0.15) is 0 Å². The maximum absolute atomic E-state index is 10.8. The van der Waals surface area contributed by atoms with E-state index >= 15 is 0 Å². The lowest BCUT2D eigenvalue weighted by Crippen LogP contribution is -2.34. The van der Waals surface area contributed by atoms with Crippen LogP contribution in [0.25, 0.3) is 0 Å². The average molecular weight is 306 g/mol. The molecule has 0 fully saturated rings. The second-order valence-electron chi connectivity index (χ2n) is 6.48. The Bertz CT molecular complexity index is 561. The lowest BCUT2D eigenvalue weighted by atomic mass is 9.86. The summed E-state index contributed by atoms with van der Waals surface area (Å²) in [5, 5.41) is 0. The van der Waals surface area contributed by atoms with Gasteiger partial charge in [-0.3, -0.25) is 0 Å². The first-order valence-electron chi connectivity index (χ1n) is 7.80. The molecule has 0 aliphatic carbocycles. The Morgan fingerprint density at radius 2 is 2.00 bits per heavy atom. The van der Waals surface area contributed by atoms with Gasteiger partial charge in [-0.05, 0) is 58.1 Å². The summed E-state index contributed by atoms with van der Waals surface area (Å²) in [4.78, 5) is 10.8. The van der Waals surface area contributed by atoms with Crippen LogP contribution in [0.2, 0.25) is 0 Å². The van der Waals surface area contributed by atoms with Crippen LogP contribution in [0.1, 0.15) is 48.9 Å². The summed E-state index contributed by atoms with van der Waals surface area (Å²) in [6.45, 7) is 8.55. The molecular weight excluding hydrogens is 280 g/mol. The fourth-order valence-corrected chi connectivity index (χ4v) is 3.09. The Balaban J connectivity index is 2.55. The first kappa shape index (κ1) is 16.8. The maximum atomic E-state index is 10.8. The minimum atomic E-state index is -0.170. The molecule has 0 aromatic heterocycles. The predicted octanol–water partition coefficient (Wildman–Crippen LogP) is 3.52. The van der Waals surface area contributed by atoms with Crippen LogP contribution < -0.4 is 9.47 Å². The van der Waals surface area contributed by atoms with Gasteiger partial charge in [-0.1, -0.05) is 0 Å². The van der Waals surface area contributed by atoms with E-state index in [2.05, 4.69) is 20.8 Å². The van der Waals surface area contributed by atoms with E-state index in [0.29, 0.717) is 12.8 Å². The average Bonchev–Trinajstić information content (AvgIpc) is 2.46. The van der Waals surface area contributed by atoms with Crippen LogP contribution in [-0.2, 0) is 22.4 Å². The third kappa shape index (κ3) is 3.27. The van der Waals surface area contributed by atoms with Crippen molar-refractivity contribution in [3.63, 3.8) is 0 Å². The molecule has 0 saturated heterocycles. The lowest BCUT2D eigenvalue weighted by molar-refractivity contribution is -0.107. The first-order valence-corrected chi connectivity index (χ1v) is 7.80. The molecule has 122 valence electrons. The quantitative estimate of drug-likeness (QED) is 0.596. The summed E-state index contributed by atoms with van der Waals surface area (Å²) >= 11 is 0. The van der Waals surface area contributed by atoms with Crippen molar-refractivity contribution in [3.8, 4) is 11.5 Å². The van der Waals surface area contributed by atoms with E-state index in [4.69, 9.17) is 14.2 Å². The van der Waals surface area contributed by atoms with Crippen LogP contribution in [0.4, 0.5) is 0 Å². The van der Waals surface area contributed by atoms with Crippen LogP contribution in [0.5, 0.6) is 11.5 Å². The molecule has 1 aromatic rings. The van der Waals surface area contributed by atoms with Gasteiger partial charge in [0.15, 0.2) is 6.79 Å². The monoisotopic (exact) mass is 306 g/mol. The number of hydrogen-bond acceptors (Lipinski definition) is 4. The van der Waals surface area contributed by atoms with Crippen molar-refractivity contribution in [1.82, 2.24) is 0 Å². The second kappa shape index (κ2) is 6.69. The molecule has 2 rings (SSSR count). The minimum absolute atomic E-state index is 0.170. The Hall–Kier alpha value is -1.55. The van der Waals surface area contributed by atoms with E-state index < -0.39 is 0 Å². The number of ether oxygens (including phenoxy) is 3. The van der Waals surface area contributed by atoms with Gasteiger partial charge in [0.1, 0.15) is 23.4 Å². The van der Waals surface area contributed by atoms with Crippen molar-refractivity contribution < 1.29 is 19.0 Å². The van der Waals surface area contributed by atoms with E-state index in [1.807, 2.05) is 6.92 Å². The molecule has 0 amide bonds. The molecule has 1 heterocycles. The van der Waals surface area contributed by atoms with E-state index in [0.717, 1.165) is 47.3 Å². The van der Waals surface area contributed by atoms with Crippen LogP contribution in [0.3, 0.4) is 0 Å². The highest BCUT2D eigenvalue weighted by Crippen LogP contribution is 2.44. The zero-order valence-electron chi connectivity index (χ0n) is 14.2. The number of benzene rings is 1. The third-order valence-electron chi connectivity index (χ3n) is 4.32. The van der Waals surface area contributed by atoms with Crippen molar-refractivity contribution in [2.45, 2.75) is 59.0 Å². The zero-order chi connectivity index (χ0) is 16.3. The number of methoxy groups -OCH3 is 1. The van der Waals surface area contributed by atoms with Gasteiger partial charge in [0.25, 0.3) is 0 Å². The summed E-state index contributed by atoms with van der Waals surface area (Å²) in [7, 11) is 1.61. The van der Waals surface area contributed by atoms with E-state index in [1.54, 1.807) is 7.11 Å².